The molecule has 5 nitrogen and oxygen atoms in total. The van der Waals surface area contributed by atoms with Gasteiger partial charge in [0, 0.05) is 24.4 Å². The summed E-state index contributed by atoms with van der Waals surface area (Å²) in [5.74, 6) is -0.290. The summed E-state index contributed by atoms with van der Waals surface area (Å²) < 4.78 is 5.31. The van der Waals surface area contributed by atoms with Crippen molar-refractivity contribution in [1.82, 2.24) is 5.32 Å². The molecule has 102 valence electrons. The first-order chi connectivity index (χ1) is 9.20. The van der Waals surface area contributed by atoms with Crippen molar-refractivity contribution in [2.75, 3.05) is 18.5 Å². The van der Waals surface area contributed by atoms with Crippen molar-refractivity contribution >= 4 is 17.5 Å². The lowest BCUT2D eigenvalue weighted by molar-refractivity contribution is -0.124. The van der Waals surface area contributed by atoms with Crippen LogP contribution in [0.4, 0.5) is 5.69 Å². The van der Waals surface area contributed by atoms with Gasteiger partial charge < -0.3 is 15.4 Å². The zero-order valence-electron chi connectivity index (χ0n) is 10.9. The molecule has 1 fully saturated rings. The van der Waals surface area contributed by atoms with Crippen molar-refractivity contribution in [3.05, 3.63) is 29.8 Å². The van der Waals surface area contributed by atoms with Crippen LogP contribution in [0.1, 0.15) is 30.1 Å². The van der Waals surface area contributed by atoms with E-state index in [9.17, 15) is 9.59 Å². The number of ether oxygens (including phenoxy) is 1. The number of benzene rings is 1. The van der Waals surface area contributed by atoms with Crippen LogP contribution in [0.15, 0.2) is 24.3 Å². The highest BCUT2D eigenvalue weighted by molar-refractivity contribution is 5.98. The summed E-state index contributed by atoms with van der Waals surface area (Å²) in [6.45, 7) is 3.07. The molecular formula is C14H18N2O3. The summed E-state index contributed by atoms with van der Waals surface area (Å²) in [5, 5.41) is 5.50. The first kappa shape index (κ1) is 13.5. The fourth-order valence-electron chi connectivity index (χ4n) is 2.01. The third-order valence-electron chi connectivity index (χ3n) is 2.95. The van der Waals surface area contributed by atoms with Gasteiger partial charge in [0.2, 0.25) is 0 Å². The van der Waals surface area contributed by atoms with Crippen LogP contribution in [-0.4, -0.2) is 31.1 Å². The second-order valence-corrected chi connectivity index (χ2v) is 4.43. The molecule has 1 aliphatic heterocycles. The molecule has 1 saturated heterocycles. The summed E-state index contributed by atoms with van der Waals surface area (Å²) >= 11 is 0. The smallest absolute Gasteiger partial charge is 0.253 e. The van der Waals surface area contributed by atoms with E-state index >= 15 is 0 Å². The molecule has 0 radical (unpaired) electrons. The molecule has 19 heavy (non-hydrogen) atoms. The maximum atomic E-state index is 11.9. The lowest BCUT2D eigenvalue weighted by Crippen LogP contribution is -2.27. The lowest BCUT2D eigenvalue weighted by Gasteiger charge is -2.11. The fraction of sp³-hybridized carbons (Fsp3) is 0.429. The molecule has 5 heteroatoms. The van der Waals surface area contributed by atoms with Crippen molar-refractivity contribution in [2.24, 2.45) is 0 Å². The SMILES string of the molecule is CCNC(=O)c1cccc(NC(=O)[C@H]2CCCO2)c1. The van der Waals surface area contributed by atoms with Crippen LogP contribution >= 0.6 is 0 Å². The molecule has 1 heterocycles. The first-order valence-electron chi connectivity index (χ1n) is 6.51. The van der Waals surface area contributed by atoms with Crippen molar-refractivity contribution in [3.8, 4) is 0 Å². The molecule has 0 saturated carbocycles. The van der Waals surface area contributed by atoms with Crippen LogP contribution in [0, 0.1) is 0 Å². The number of carbonyl (C=O) groups excluding carboxylic acids is 2. The number of nitrogens with one attached hydrogen (secondary N) is 2. The molecule has 0 unspecified atom stereocenters. The molecule has 2 N–H and O–H groups in total. The van der Waals surface area contributed by atoms with Crippen LogP contribution in [0.3, 0.4) is 0 Å². The Bertz CT molecular complexity index is 468. The van der Waals surface area contributed by atoms with Crippen LogP contribution < -0.4 is 10.6 Å². The van der Waals surface area contributed by atoms with Gasteiger partial charge in [0.05, 0.1) is 0 Å². The van der Waals surface area contributed by atoms with Gasteiger partial charge >= 0.3 is 0 Å². The minimum atomic E-state index is -0.367. The van der Waals surface area contributed by atoms with Crippen molar-refractivity contribution < 1.29 is 14.3 Å². The zero-order chi connectivity index (χ0) is 13.7. The van der Waals surface area contributed by atoms with Crippen LogP contribution in [0.25, 0.3) is 0 Å². The van der Waals surface area contributed by atoms with Gasteiger partial charge in [0.25, 0.3) is 11.8 Å². The van der Waals surface area contributed by atoms with Gasteiger partial charge in [-0.05, 0) is 38.0 Å². The Morgan fingerprint density at radius 3 is 2.95 bits per heavy atom. The summed E-state index contributed by atoms with van der Waals surface area (Å²) in [4.78, 5) is 23.6. The van der Waals surface area contributed by atoms with E-state index in [4.69, 9.17) is 4.74 Å². The van der Waals surface area contributed by atoms with E-state index in [0.717, 1.165) is 12.8 Å². The van der Waals surface area contributed by atoms with Crippen molar-refractivity contribution in [1.29, 1.82) is 0 Å². The Morgan fingerprint density at radius 2 is 2.26 bits per heavy atom. The summed E-state index contributed by atoms with van der Waals surface area (Å²) in [6.07, 6.45) is 1.30. The normalized spacial score (nSPS) is 18.1. The summed E-state index contributed by atoms with van der Waals surface area (Å²) in [5.41, 5.74) is 1.15. The lowest BCUT2D eigenvalue weighted by atomic mass is 10.1. The summed E-state index contributed by atoms with van der Waals surface area (Å²) in [7, 11) is 0. The van der Waals surface area contributed by atoms with Gasteiger partial charge in [-0.3, -0.25) is 9.59 Å². The Hall–Kier alpha value is -1.88. The van der Waals surface area contributed by atoms with Crippen molar-refractivity contribution in [3.63, 3.8) is 0 Å². The maximum Gasteiger partial charge on any atom is 0.253 e. The molecule has 0 aliphatic carbocycles. The molecule has 0 bridgehead atoms. The van der Waals surface area contributed by atoms with E-state index in [0.29, 0.717) is 24.4 Å². The maximum absolute atomic E-state index is 11.9. The van der Waals surface area contributed by atoms with Gasteiger partial charge in [-0.1, -0.05) is 6.07 Å². The van der Waals surface area contributed by atoms with E-state index in [2.05, 4.69) is 10.6 Å². The van der Waals surface area contributed by atoms with E-state index in [1.165, 1.54) is 0 Å². The van der Waals surface area contributed by atoms with Gasteiger partial charge in [0.1, 0.15) is 6.10 Å². The molecule has 2 rings (SSSR count). The van der Waals surface area contributed by atoms with Gasteiger partial charge in [-0.25, -0.2) is 0 Å². The molecular weight excluding hydrogens is 244 g/mol. The number of rotatable bonds is 4. The molecule has 0 spiro atoms. The Morgan fingerprint density at radius 1 is 1.42 bits per heavy atom. The van der Waals surface area contributed by atoms with Crippen LogP contribution in [0.5, 0.6) is 0 Å². The summed E-state index contributed by atoms with van der Waals surface area (Å²) in [6, 6.07) is 6.88. The molecule has 2 amide bonds. The molecule has 0 aromatic heterocycles. The Balaban J connectivity index is 2.02. The first-order valence-corrected chi connectivity index (χ1v) is 6.51. The predicted octanol–water partition coefficient (Wildman–Crippen LogP) is 1.55. The molecule has 1 aromatic rings. The van der Waals surface area contributed by atoms with Crippen LogP contribution in [0.2, 0.25) is 0 Å². The van der Waals surface area contributed by atoms with E-state index in [1.807, 2.05) is 6.92 Å². The third kappa shape index (κ3) is 3.54. The number of hydrogen-bond donors (Lipinski definition) is 2. The predicted molar refractivity (Wildman–Crippen MR) is 72.1 cm³/mol. The van der Waals surface area contributed by atoms with Gasteiger partial charge in [0.15, 0.2) is 0 Å². The minimum Gasteiger partial charge on any atom is -0.368 e. The third-order valence-corrected chi connectivity index (χ3v) is 2.95. The minimum absolute atomic E-state index is 0.143. The molecule has 1 aliphatic rings. The number of anilines is 1. The largest absolute Gasteiger partial charge is 0.368 e. The highest BCUT2D eigenvalue weighted by Crippen LogP contribution is 2.16. The van der Waals surface area contributed by atoms with E-state index < -0.39 is 0 Å². The average Bonchev–Trinajstić information content (AvgIpc) is 2.93. The second-order valence-electron chi connectivity index (χ2n) is 4.43. The topological polar surface area (TPSA) is 67.4 Å². The van der Waals surface area contributed by atoms with Crippen molar-refractivity contribution in [2.45, 2.75) is 25.9 Å². The van der Waals surface area contributed by atoms with E-state index in [1.54, 1.807) is 24.3 Å². The quantitative estimate of drug-likeness (QED) is 0.865. The van der Waals surface area contributed by atoms with Crippen LogP contribution in [-0.2, 0) is 9.53 Å². The monoisotopic (exact) mass is 262 g/mol. The Labute approximate surface area is 112 Å². The number of carbonyl (C=O) groups is 2. The standard InChI is InChI=1S/C14H18N2O3/c1-2-15-13(17)10-5-3-6-11(9-10)16-14(18)12-7-4-8-19-12/h3,5-6,9,12H,2,4,7-8H2,1H3,(H,15,17)(H,16,18)/t12-/m1/s1. The number of hydrogen-bond acceptors (Lipinski definition) is 3. The van der Waals surface area contributed by atoms with Gasteiger partial charge in [-0.2, -0.15) is 0 Å². The highest BCUT2D eigenvalue weighted by Gasteiger charge is 2.23. The second kappa shape index (κ2) is 6.33. The Kier molecular flexibility index (Phi) is 4.52. The molecule has 1 atom stereocenters. The van der Waals surface area contributed by atoms with E-state index in [-0.39, 0.29) is 17.9 Å². The fourth-order valence-corrected chi connectivity index (χ4v) is 2.01. The zero-order valence-corrected chi connectivity index (χ0v) is 10.9. The highest BCUT2D eigenvalue weighted by atomic mass is 16.5. The average molecular weight is 262 g/mol. The number of amides is 2. The van der Waals surface area contributed by atoms with Gasteiger partial charge in [-0.15, -0.1) is 0 Å². The molecule has 1 aromatic carbocycles.